The average molecular weight is 497 g/mol. The zero-order chi connectivity index (χ0) is 22.7. The number of esters is 1. The predicted molar refractivity (Wildman–Crippen MR) is 106 cm³/mol. The van der Waals surface area contributed by atoms with Crippen LogP contribution in [0.2, 0.25) is 0 Å². The van der Waals surface area contributed by atoms with Crippen LogP contribution in [0.5, 0.6) is 5.75 Å². The topological polar surface area (TPSA) is 125 Å². The van der Waals surface area contributed by atoms with Crippen LogP contribution in [-0.2, 0) is 11.2 Å². The second-order valence-electron chi connectivity index (χ2n) is 6.17. The first-order valence-electron chi connectivity index (χ1n) is 8.67. The highest BCUT2D eigenvalue weighted by molar-refractivity contribution is 9.10. The summed E-state index contributed by atoms with van der Waals surface area (Å²) in [5.74, 6) is -4.79. The van der Waals surface area contributed by atoms with Gasteiger partial charge in [0.1, 0.15) is 17.1 Å². The van der Waals surface area contributed by atoms with Gasteiger partial charge in [-0.15, -0.1) is 0 Å². The zero-order valence-electron chi connectivity index (χ0n) is 15.9. The van der Waals surface area contributed by atoms with E-state index in [-0.39, 0.29) is 17.0 Å². The molecule has 0 bridgehead atoms. The van der Waals surface area contributed by atoms with Gasteiger partial charge in [-0.3, -0.25) is 4.79 Å². The molecule has 1 unspecified atom stereocenters. The number of benzene rings is 2. The van der Waals surface area contributed by atoms with E-state index < -0.39 is 41.1 Å². The number of primary amides is 1. The molecule has 1 amide bonds. The van der Waals surface area contributed by atoms with Crippen molar-refractivity contribution in [1.29, 1.82) is 0 Å². The van der Waals surface area contributed by atoms with Crippen molar-refractivity contribution < 1.29 is 37.4 Å². The standard InChI is InChI=1S/C20H15BrF2N2O6/c1-29-20(28)10-4-2-9(3-5-10)17-18(21)31-13(25-17)8-14(26)30-12-7-6-11(22)15(16(12)23)19(24)27/h2-7,14,26H,8H2,1H3,(H2,24,27). The van der Waals surface area contributed by atoms with Crippen molar-refractivity contribution in [1.82, 2.24) is 4.98 Å². The summed E-state index contributed by atoms with van der Waals surface area (Å²) in [6, 6.07) is 8.07. The fourth-order valence-corrected chi connectivity index (χ4v) is 3.18. The number of hydrogen-bond donors (Lipinski definition) is 2. The Morgan fingerprint density at radius 3 is 2.52 bits per heavy atom. The first kappa shape index (κ1) is 22.4. The number of carbonyl (C=O) groups excluding carboxylic acids is 2. The number of ether oxygens (including phenoxy) is 2. The molecule has 1 heterocycles. The maximum absolute atomic E-state index is 14.2. The number of aromatic nitrogens is 1. The second kappa shape index (κ2) is 9.23. The molecule has 11 heteroatoms. The molecule has 0 spiro atoms. The van der Waals surface area contributed by atoms with E-state index >= 15 is 0 Å². The van der Waals surface area contributed by atoms with Crippen LogP contribution in [0.3, 0.4) is 0 Å². The quantitative estimate of drug-likeness (QED) is 0.380. The summed E-state index contributed by atoms with van der Waals surface area (Å²) >= 11 is 3.22. The molecule has 0 aliphatic carbocycles. The lowest BCUT2D eigenvalue weighted by atomic mass is 10.1. The molecule has 2 aromatic carbocycles. The molecule has 3 aromatic rings. The van der Waals surface area contributed by atoms with Crippen molar-refractivity contribution in [2.75, 3.05) is 7.11 Å². The van der Waals surface area contributed by atoms with Crippen LogP contribution in [0.1, 0.15) is 26.6 Å². The Morgan fingerprint density at radius 2 is 1.90 bits per heavy atom. The van der Waals surface area contributed by atoms with Gasteiger partial charge in [0.05, 0.1) is 19.1 Å². The van der Waals surface area contributed by atoms with Crippen LogP contribution >= 0.6 is 15.9 Å². The summed E-state index contributed by atoms with van der Waals surface area (Å²) in [6.45, 7) is 0. The monoisotopic (exact) mass is 496 g/mol. The summed E-state index contributed by atoms with van der Waals surface area (Å²) < 4.78 is 43.2. The number of aliphatic hydroxyl groups is 1. The van der Waals surface area contributed by atoms with Crippen LogP contribution in [0.25, 0.3) is 11.3 Å². The number of oxazole rings is 1. The minimum atomic E-state index is -1.62. The summed E-state index contributed by atoms with van der Waals surface area (Å²) in [4.78, 5) is 27.0. The number of nitrogens with two attached hydrogens (primary N) is 1. The molecule has 162 valence electrons. The van der Waals surface area contributed by atoms with Crippen LogP contribution in [0, 0.1) is 11.6 Å². The van der Waals surface area contributed by atoms with E-state index in [9.17, 15) is 23.5 Å². The molecule has 3 N–H and O–H groups in total. The highest BCUT2D eigenvalue weighted by atomic mass is 79.9. The lowest BCUT2D eigenvalue weighted by molar-refractivity contribution is -0.0229. The van der Waals surface area contributed by atoms with E-state index in [2.05, 4.69) is 25.7 Å². The highest BCUT2D eigenvalue weighted by Gasteiger charge is 2.22. The lowest BCUT2D eigenvalue weighted by Gasteiger charge is -2.13. The van der Waals surface area contributed by atoms with Gasteiger partial charge in [-0.25, -0.2) is 18.6 Å². The van der Waals surface area contributed by atoms with E-state index in [1.54, 1.807) is 24.3 Å². The molecular formula is C20H15BrF2N2O6. The number of methoxy groups -OCH3 is 1. The molecule has 31 heavy (non-hydrogen) atoms. The lowest BCUT2D eigenvalue weighted by Crippen LogP contribution is -2.21. The first-order valence-corrected chi connectivity index (χ1v) is 9.47. The number of carbonyl (C=O) groups is 2. The van der Waals surface area contributed by atoms with Crippen molar-refractivity contribution in [2.24, 2.45) is 5.73 Å². The summed E-state index contributed by atoms with van der Waals surface area (Å²) in [5, 5.41) is 10.1. The van der Waals surface area contributed by atoms with Crippen LogP contribution in [-0.4, -0.2) is 35.4 Å². The number of aliphatic hydroxyl groups excluding tert-OH is 1. The van der Waals surface area contributed by atoms with Gasteiger partial charge in [0, 0.05) is 5.56 Å². The Balaban J connectivity index is 1.75. The Bertz CT molecular complexity index is 1130. The van der Waals surface area contributed by atoms with E-state index in [1.165, 1.54) is 7.11 Å². The van der Waals surface area contributed by atoms with Gasteiger partial charge in [-0.2, -0.15) is 0 Å². The minimum absolute atomic E-state index is 0.0454. The van der Waals surface area contributed by atoms with Crippen LogP contribution in [0.15, 0.2) is 45.5 Å². The van der Waals surface area contributed by atoms with Crippen molar-refractivity contribution in [3.05, 3.63) is 69.7 Å². The van der Waals surface area contributed by atoms with Gasteiger partial charge in [0.2, 0.25) is 12.2 Å². The Hall–Kier alpha value is -3.31. The molecule has 0 fully saturated rings. The van der Waals surface area contributed by atoms with Gasteiger partial charge >= 0.3 is 5.97 Å². The Morgan fingerprint density at radius 1 is 1.23 bits per heavy atom. The number of rotatable bonds is 7. The molecule has 8 nitrogen and oxygen atoms in total. The number of nitrogens with zero attached hydrogens (tertiary/aromatic N) is 1. The first-order chi connectivity index (χ1) is 14.7. The van der Waals surface area contributed by atoms with Crippen LogP contribution < -0.4 is 10.5 Å². The summed E-state index contributed by atoms with van der Waals surface area (Å²) in [7, 11) is 1.27. The molecule has 3 rings (SSSR count). The van der Waals surface area contributed by atoms with E-state index in [0.29, 0.717) is 16.8 Å². The molecule has 0 saturated carbocycles. The fraction of sp³-hybridized carbons (Fsp3) is 0.150. The Labute approximate surface area is 182 Å². The summed E-state index contributed by atoms with van der Waals surface area (Å²) in [5.41, 5.74) is 5.34. The van der Waals surface area contributed by atoms with E-state index in [0.717, 1.165) is 12.1 Å². The smallest absolute Gasteiger partial charge is 0.337 e. The average Bonchev–Trinajstić information content (AvgIpc) is 3.09. The molecule has 0 saturated heterocycles. The number of halogens is 3. The van der Waals surface area contributed by atoms with Crippen LogP contribution in [0.4, 0.5) is 8.78 Å². The summed E-state index contributed by atoms with van der Waals surface area (Å²) in [6.07, 6.45) is -1.91. The molecule has 1 atom stereocenters. The molecule has 0 radical (unpaired) electrons. The second-order valence-corrected chi connectivity index (χ2v) is 6.89. The van der Waals surface area contributed by atoms with E-state index in [1.807, 2.05) is 0 Å². The van der Waals surface area contributed by atoms with Gasteiger partial charge in [0.25, 0.3) is 5.91 Å². The highest BCUT2D eigenvalue weighted by Crippen LogP contribution is 2.30. The molecule has 1 aromatic heterocycles. The van der Waals surface area contributed by atoms with Crippen molar-refractivity contribution in [3.63, 3.8) is 0 Å². The third kappa shape index (κ3) is 4.89. The zero-order valence-corrected chi connectivity index (χ0v) is 17.5. The maximum Gasteiger partial charge on any atom is 0.337 e. The van der Waals surface area contributed by atoms with Crippen molar-refractivity contribution in [2.45, 2.75) is 12.7 Å². The van der Waals surface area contributed by atoms with Gasteiger partial charge < -0.3 is 24.7 Å². The van der Waals surface area contributed by atoms with Gasteiger partial charge in [-0.1, -0.05) is 12.1 Å². The normalized spacial score (nSPS) is 11.8. The third-order valence-corrected chi connectivity index (χ3v) is 4.66. The third-order valence-electron chi connectivity index (χ3n) is 4.12. The Kier molecular flexibility index (Phi) is 6.66. The molecule has 0 aliphatic rings. The fourth-order valence-electron chi connectivity index (χ4n) is 2.68. The number of amides is 1. The minimum Gasteiger partial charge on any atom is -0.465 e. The number of hydrogen-bond acceptors (Lipinski definition) is 7. The SMILES string of the molecule is COC(=O)c1ccc(-c2nc(CC(O)Oc3ccc(F)c(C(N)=O)c3F)oc2Br)cc1. The molecular weight excluding hydrogens is 482 g/mol. The van der Waals surface area contributed by atoms with Crippen molar-refractivity contribution in [3.8, 4) is 17.0 Å². The molecule has 0 aliphatic heterocycles. The maximum atomic E-state index is 14.2. The van der Waals surface area contributed by atoms with Gasteiger partial charge in [-0.05, 0) is 40.2 Å². The van der Waals surface area contributed by atoms with Crippen molar-refractivity contribution >= 4 is 27.8 Å². The van der Waals surface area contributed by atoms with Gasteiger partial charge in [0.15, 0.2) is 16.2 Å². The van der Waals surface area contributed by atoms with E-state index in [4.69, 9.17) is 14.9 Å². The largest absolute Gasteiger partial charge is 0.465 e. The predicted octanol–water partition coefficient (Wildman–Crippen LogP) is 3.21.